The van der Waals surface area contributed by atoms with E-state index in [9.17, 15) is 4.57 Å². The number of benzene rings is 3. The summed E-state index contributed by atoms with van der Waals surface area (Å²) in [6.07, 6.45) is -4.48. The Balaban J connectivity index is 2.13. The molecule has 3 rings (SSSR count). The fourth-order valence-electron chi connectivity index (χ4n) is 4.03. The second kappa shape index (κ2) is 16.9. The van der Waals surface area contributed by atoms with Crippen LogP contribution in [0.5, 0.6) is 17.2 Å². The zero-order valence-corrected chi connectivity index (χ0v) is 27.8. The lowest BCUT2D eigenvalue weighted by Crippen LogP contribution is -2.20. The van der Waals surface area contributed by atoms with E-state index in [-0.39, 0.29) is 18.3 Å². The van der Waals surface area contributed by atoms with E-state index in [1.165, 1.54) is 0 Å². The molecule has 0 N–H and O–H groups in total. The maximum atomic E-state index is 15.0. The van der Waals surface area contributed by atoms with Crippen molar-refractivity contribution in [3.05, 3.63) is 89.5 Å². The molecule has 44 heavy (non-hydrogen) atoms. The molecule has 0 aromatic heterocycles. The van der Waals surface area contributed by atoms with E-state index >= 15 is 0 Å². The van der Waals surface area contributed by atoms with E-state index in [0.29, 0.717) is 33.9 Å². The van der Waals surface area contributed by atoms with Gasteiger partial charge in [0.1, 0.15) is 17.2 Å². The van der Waals surface area contributed by atoms with Crippen molar-refractivity contribution < 1.29 is 46.6 Å². The van der Waals surface area contributed by atoms with Gasteiger partial charge >= 0.3 is 7.82 Å². The third-order valence-corrected chi connectivity index (χ3v) is 7.31. The standard InChI is InChI=1S/C33H45O10P/c1-22(2)38-31(25-13-10-16-28(19-25)35-7)41-44(34,42-32(39-23(3)4)26-14-11-17-29(20-26)36-8)43-33(40-24(5)6)27-15-12-18-30(21-27)37-9/h10-24,31-33H,1-9H3. The van der Waals surface area contributed by atoms with Gasteiger partial charge in [-0.2, -0.15) is 0 Å². The van der Waals surface area contributed by atoms with Crippen molar-refractivity contribution in [2.45, 2.75) is 78.7 Å². The van der Waals surface area contributed by atoms with Gasteiger partial charge in [0, 0.05) is 16.7 Å². The van der Waals surface area contributed by atoms with E-state index in [4.69, 9.17) is 42.0 Å². The normalized spacial score (nSPS) is 15.2. The lowest BCUT2D eigenvalue weighted by molar-refractivity contribution is -0.184. The van der Waals surface area contributed by atoms with Crippen molar-refractivity contribution in [1.29, 1.82) is 0 Å². The second-order valence-corrected chi connectivity index (χ2v) is 12.2. The van der Waals surface area contributed by atoms with Crippen LogP contribution in [0.15, 0.2) is 72.8 Å². The maximum Gasteiger partial charge on any atom is 0.482 e. The lowest BCUT2D eigenvalue weighted by atomic mass is 10.2. The topological polar surface area (TPSA) is 100 Å². The molecule has 0 amide bonds. The van der Waals surface area contributed by atoms with Crippen molar-refractivity contribution >= 4 is 7.82 Å². The zero-order valence-electron chi connectivity index (χ0n) is 26.9. The molecule has 0 aliphatic rings. The summed E-state index contributed by atoms with van der Waals surface area (Å²) in [7, 11) is 0.0438. The lowest BCUT2D eigenvalue weighted by Gasteiger charge is -2.32. The van der Waals surface area contributed by atoms with Crippen LogP contribution in [0.2, 0.25) is 0 Å². The van der Waals surface area contributed by atoms with Crippen molar-refractivity contribution in [2.75, 3.05) is 21.3 Å². The van der Waals surface area contributed by atoms with Gasteiger partial charge in [0.15, 0.2) is 18.9 Å². The number of methoxy groups -OCH3 is 3. The first-order chi connectivity index (χ1) is 20.9. The van der Waals surface area contributed by atoms with Gasteiger partial charge in [-0.3, -0.25) is 13.6 Å². The Morgan fingerprint density at radius 3 is 0.977 bits per heavy atom. The fourth-order valence-corrected chi connectivity index (χ4v) is 5.39. The summed E-state index contributed by atoms with van der Waals surface area (Å²) in [5.41, 5.74) is 1.61. The van der Waals surface area contributed by atoms with Gasteiger partial charge in [0.25, 0.3) is 0 Å². The number of rotatable bonds is 18. The van der Waals surface area contributed by atoms with E-state index in [1.807, 2.05) is 41.5 Å². The SMILES string of the molecule is COc1cccc(C(OC(C)C)OP(=O)(OC(OC(C)C)c2cccc(OC)c2)OC(OC(C)C)c2cccc(OC)c2)c1. The number of ether oxygens (including phenoxy) is 6. The molecule has 3 atom stereocenters. The van der Waals surface area contributed by atoms with Crippen LogP contribution in [0, 0.1) is 0 Å². The van der Waals surface area contributed by atoms with Gasteiger partial charge in [-0.15, -0.1) is 0 Å². The highest BCUT2D eigenvalue weighted by molar-refractivity contribution is 7.48. The number of phosphoric ester groups is 1. The smallest absolute Gasteiger partial charge is 0.482 e. The fraction of sp³-hybridized carbons (Fsp3) is 0.455. The van der Waals surface area contributed by atoms with Gasteiger partial charge < -0.3 is 28.4 Å². The molecular formula is C33H45O10P. The molecule has 3 aromatic carbocycles. The highest BCUT2D eigenvalue weighted by Gasteiger charge is 2.41. The van der Waals surface area contributed by atoms with Gasteiger partial charge in [0.05, 0.1) is 39.6 Å². The van der Waals surface area contributed by atoms with Gasteiger partial charge in [-0.25, -0.2) is 4.57 Å². The first-order valence-corrected chi connectivity index (χ1v) is 15.9. The third kappa shape index (κ3) is 10.9. The van der Waals surface area contributed by atoms with Crippen molar-refractivity contribution in [1.82, 2.24) is 0 Å². The van der Waals surface area contributed by atoms with Crippen LogP contribution in [0.25, 0.3) is 0 Å². The minimum Gasteiger partial charge on any atom is -0.497 e. The average molecular weight is 633 g/mol. The Labute approximate surface area is 261 Å². The molecule has 0 saturated carbocycles. The molecule has 0 aliphatic carbocycles. The van der Waals surface area contributed by atoms with Gasteiger partial charge in [-0.1, -0.05) is 36.4 Å². The van der Waals surface area contributed by atoms with Crippen LogP contribution < -0.4 is 14.2 Å². The summed E-state index contributed by atoms with van der Waals surface area (Å²) in [4.78, 5) is 0. The largest absolute Gasteiger partial charge is 0.497 e. The third-order valence-electron chi connectivity index (χ3n) is 5.96. The quantitative estimate of drug-likeness (QED) is 0.100. The van der Waals surface area contributed by atoms with Gasteiger partial charge in [0.2, 0.25) is 0 Å². The molecular weight excluding hydrogens is 587 g/mol. The zero-order chi connectivity index (χ0) is 32.3. The highest BCUT2D eigenvalue weighted by atomic mass is 31.2. The van der Waals surface area contributed by atoms with E-state index in [0.717, 1.165) is 0 Å². The Bertz CT molecular complexity index is 1180. The molecule has 11 heteroatoms. The Morgan fingerprint density at radius 2 is 0.750 bits per heavy atom. The predicted molar refractivity (Wildman–Crippen MR) is 167 cm³/mol. The molecule has 0 bridgehead atoms. The van der Waals surface area contributed by atoms with Gasteiger partial charge in [-0.05, 0) is 77.9 Å². The molecule has 0 saturated heterocycles. The molecule has 10 nitrogen and oxygen atoms in total. The summed E-state index contributed by atoms with van der Waals surface area (Å²) >= 11 is 0. The Morgan fingerprint density at radius 1 is 0.477 bits per heavy atom. The van der Waals surface area contributed by atoms with Crippen LogP contribution in [0.4, 0.5) is 0 Å². The summed E-state index contributed by atoms with van der Waals surface area (Å²) in [5.74, 6) is 1.69. The molecule has 0 spiro atoms. The second-order valence-electron chi connectivity index (χ2n) is 10.6. The molecule has 0 aliphatic heterocycles. The molecule has 3 aromatic rings. The van der Waals surface area contributed by atoms with Crippen LogP contribution >= 0.6 is 7.82 Å². The maximum absolute atomic E-state index is 15.0. The van der Waals surface area contributed by atoms with E-state index in [1.54, 1.807) is 94.1 Å². The molecule has 3 unspecified atom stereocenters. The van der Waals surface area contributed by atoms with Crippen molar-refractivity contribution in [3.8, 4) is 17.2 Å². The number of hydrogen-bond donors (Lipinski definition) is 0. The predicted octanol–water partition coefficient (Wildman–Crippen LogP) is 8.54. The minimum absolute atomic E-state index is 0.318. The summed E-state index contributed by atoms with van der Waals surface area (Å²) < 4.78 is 68.2. The Hall–Kier alpha value is -2.95. The number of phosphoric acid groups is 1. The molecule has 242 valence electrons. The number of hydrogen-bond acceptors (Lipinski definition) is 10. The first kappa shape index (κ1) is 35.5. The summed E-state index contributed by atoms with van der Waals surface area (Å²) in [6.45, 7) is 11.0. The monoisotopic (exact) mass is 632 g/mol. The van der Waals surface area contributed by atoms with Crippen molar-refractivity contribution in [3.63, 3.8) is 0 Å². The van der Waals surface area contributed by atoms with Crippen molar-refractivity contribution in [2.24, 2.45) is 0 Å². The Kier molecular flexibility index (Phi) is 13.7. The first-order valence-electron chi connectivity index (χ1n) is 14.5. The molecule has 0 fully saturated rings. The molecule has 0 heterocycles. The van der Waals surface area contributed by atoms with E-state index in [2.05, 4.69) is 0 Å². The van der Waals surface area contributed by atoms with Crippen LogP contribution in [0.1, 0.15) is 77.1 Å². The van der Waals surface area contributed by atoms with Crippen LogP contribution in [-0.2, 0) is 32.3 Å². The average Bonchev–Trinajstić information content (AvgIpc) is 2.99. The summed E-state index contributed by atoms with van der Waals surface area (Å²) in [6, 6.07) is 21.2. The van der Waals surface area contributed by atoms with Crippen LogP contribution in [0.3, 0.4) is 0 Å². The summed E-state index contributed by atoms with van der Waals surface area (Å²) in [5, 5.41) is 0. The van der Waals surface area contributed by atoms with Crippen LogP contribution in [-0.4, -0.2) is 39.6 Å². The minimum atomic E-state index is -4.62. The highest BCUT2D eigenvalue weighted by Crippen LogP contribution is 2.60. The molecule has 0 radical (unpaired) electrons. The van der Waals surface area contributed by atoms with E-state index < -0.39 is 26.7 Å².